The molecule has 0 bridgehead atoms. The number of halogens is 1. The van der Waals surface area contributed by atoms with E-state index in [1.807, 2.05) is 6.92 Å². The largest absolute Gasteiger partial charge is 0.466 e. The summed E-state index contributed by atoms with van der Waals surface area (Å²) in [7, 11) is 0. The maximum Gasteiger partial charge on any atom is 0.191 e. The Morgan fingerprint density at radius 1 is 1.40 bits per heavy atom. The Balaban J connectivity index is 0.00000225. The second-order valence-electron chi connectivity index (χ2n) is 7.21. The molecule has 2 unspecified atom stereocenters. The van der Waals surface area contributed by atoms with Crippen molar-refractivity contribution in [3.8, 4) is 0 Å². The van der Waals surface area contributed by atoms with Crippen LogP contribution in [0.3, 0.4) is 0 Å². The molecule has 1 aromatic heterocycles. The summed E-state index contributed by atoms with van der Waals surface area (Å²) in [5.74, 6) is 1.98. The minimum absolute atomic E-state index is 0. The molecule has 25 heavy (non-hydrogen) atoms. The molecule has 142 valence electrons. The molecule has 7 heteroatoms. The molecule has 1 aromatic rings. The summed E-state index contributed by atoms with van der Waals surface area (Å²) in [6, 6.07) is 4.42. The van der Waals surface area contributed by atoms with Gasteiger partial charge in [0.2, 0.25) is 0 Å². The second-order valence-corrected chi connectivity index (χ2v) is 7.21. The minimum atomic E-state index is -1.10. The molecule has 3 rings (SSSR count). The van der Waals surface area contributed by atoms with Crippen molar-refractivity contribution < 1.29 is 9.52 Å². The SMILES string of the molecule is CCNC(=NCC(C)(O)c1ccco1)NCC1CCN(C2CC2)C1.I. The Bertz CT molecular complexity index is 543. The van der Waals surface area contributed by atoms with Crippen molar-refractivity contribution in [1.29, 1.82) is 0 Å². The van der Waals surface area contributed by atoms with Gasteiger partial charge in [-0.3, -0.25) is 0 Å². The van der Waals surface area contributed by atoms with Crippen molar-refractivity contribution >= 4 is 29.9 Å². The number of hydrogen-bond acceptors (Lipinski definition) is 4. The van der Waals surface area contributed by atoms with Crippen molar-refractivity contribution in [2.24, 2.45) is 10.9 Å². The average molecular weight is 462 g/mol. The zero-order valence-electron chi connectivity index (χ0n) is 15.2. The van der Waals surface area contributed by atoms with Crippen molar-refractivity contribution in [2.45, 2.75) is 44.8 Å². The number of hydrogen-bond donors (Lipinski definition) is 3. The predicted molar refractivity (Wildman–Crippen MR) is 110 cm³/mol. The highest BCUT2D eigenvalue weighted by molar-refractivity contribution is 14.0. The molecule has 2 heterocycles. The molecular weight excluding hydrogens is 431 g/mol. The molecule has 2 aliphatic rings. The smallest absolute Gasteiger partial charge is 0.191 e. The number of nitrogens with zero attached hydrogens (tertiary/aromatic N) is 2. The van der Waals surface area contributed by atoms with Gasteiger partial charge in [0.15, 0.2) is 5.96 Å². The number of likely N-dealkylation sites (tertiary alicyclic amines) is 1. The zero-order chi connectivity index (χ0) is 17.0. The van der Waals surface area contributed by atoms with Gasteiger partial charge in [0, 0.05) is 25.7 Å². The van der Waals surface area contributed by atoms with Crippen LogP contribution in [0.25, 0.3) is 0 Å². The normalized spacial score (nSPS) is 23.8. The van der Waals surface area contributed by atoms with Crippen LogP contribution >= 0.6 is 24.0 Å². The van der Waals surface area contributed by atoms with Gasteiger partial charge in [0.25, 0.3) is 0 Å². The number of guanidine groups is 1. The summed E-state index contributed by atoms with van der Waals surface area (Å²) >= 11 is 0. The Labute approximate surface area is 167 Å². The van der Waals surface area contributed by atoms with Gasteiger partial charge in [-0.25, -0.2) is 4.99 Å². The summed E-state index contributed by atoms with van der Waals surface area (Å²) in [5, 5.41) is 17.2. The molecule has 3 N–H and O–H groups in total. The van der Waals surface area contributed by atoms with Gasteiger partial charge in [-0.2, -0.15) is 0 Å². The van der Waals surface area contributed by atoms with Gasteiger partial charge in [0.05, 0.1) is 12.8 Å². The van der Waals surface area contributed by atoms with Crippen LogP contribution in [0.5, 0.6) is 0 Å². The lowest BCUT2D eigenvalue weighted by molar-refractivity contribution is 0.0437. The van der Waals surface area contributed by atoms with E-state index in [-0.39, 0.29) is 30.5 Å². The predicted octanol–water partition coefficient (Wildman–Crippen LogP) is 2.14. The number of rotatable bonds is 7. The molecule has 6 nitrogen and oxygen atoms in total. The Hall–Kier alpha value is -0.800. The number of furan rings is 1. The fourth-order valence-electron chi connectivity index (χ4n) is 3.28. The Morgan fingerprint density at radius 2 is 2.20 bits per heavy atom. The van der Waals surface area contributed by atoms with E-state index < -0.39 is 5.60 Å². The van der Waals surface area contributed by atoms with E-state index >= 15 is 0 Å². The van der Waals surface area contributed by atoms with Gasteiger partial charge < -0.3 is 25.1 Å². The monoisotopic (exact) mass is 462 g/mol. The summed E-state index contributed by atoms with van der Waals surface area (Å²) in [6.45, 7) is 8.19. The van der Waals surface area contributed by atoms with Gasteiger partial charge in [0.1, 0.15) is 11.4 Å². The molecule has 1 saturated carbocycles. The molecule has 0 spiro atoms. The minimum Gasteiger partial charge on any atom is -0.466 e. The van der Waals surface area contributed by atoms with Crippen LogP contribution in [0.1, 0.15) is 38.9 Å². The third-order valence-electron chi connectivity index (χ3n) is 4.88. The zero-order valence-corrected chi connectivity index (χ0v) is 17.5. The van der Waals surface area contributed by atoms with Crippen LogP contribution < -0.4 is 10.6 Å². The maximum atomic E-state index is 10.5. The summed E-state index contributed by atoms with van der Waals surface area (Å²) in [6.07, 6.45) is 5.59. The molecule has 1 aliphatic carbocycles. The molecule has 1 aliphatic heterocycles. The van der Waals surface area contributed by atoms with E-state index in [4.69, 9.17) is 4.42 Å². The van der Waals surface area contributed by atoms with Crippen LogP contribution in [-0.4, -0.2) is 54.7 Å². The van der Waals surface area contributed by atoms with E-state index in [2.05, 4.69) is 20.5 Å². The molecular formula is C18H31IN4O2. The molecule has 2 fully saturated rings. The van der Waals surface area contributed by atoms with E-state index in [9.17, 15) is 5.11 Å². The van der Waals surface area contributed by atoms with Crippen molar-refractivity contribution in [3.05, 3.63) is 24.2 Å². The van der Waals surface area contributed by atoms with Crippen LogP contribution in [0.15, 0.2) is 27.8 Å². The van der Waals surface area contributed by atoms with Crippen molar-refractivity contribution in [1.82, 2.24) is 15.5 Å². The highest BCUT2D eigenvalue weighted by Crippen LogP contribution is 2.31. The van der Waals surface area contributed by atoms with Crippen LogP contribution in [-0.2, 0) is 5.60 Å². The molecule has 1 saturated heterocycles. The number of aliphatic imine (C=N–C) groups is 1. The van der Waals surface area contributed by atoms with Gasteiger partial charge in [-0.1, -0.05) is 0 Å². The van der Waals surface area contributed by atoms with Gasteiger partial charge >= 0.3 is 0 Å². The van der Waals surface area contributed by atoms with Gasteiger partial charge in [-0.15, -0.1) is 24.0 Å². The first-order valence-corrected chi connectivity index (χ1v) is 9.11. The van der Waals surface area contributed by atoms with E-state index in [1.165, 1.54) is 32.4 Å². The molecule has 0 amide bonds. The topological polar surface area (TPSA) is 73.0 Å². The fraction of sp³-hybridized carbons (Fsp3) is 0.722. The first-order valence-electron chi connectivity index (χ1n) is 9.11. The van der Waals surface area contributed by atoms with Crippen LogP contribution in [0, 0.1) is 5.92 Å². The first-order chi connectivity index (χ1) is 11.6. The average Bonchev–Trinajstić information content (AvgIpc) is 3.07. The van der Waals surface area contributed by atoms with E-state index in [0.717, 1.165) is 25.1 Å². The number of nitrogens with one attached hydrogen (secondary N) is 2. The standard InChI is InChI=1S/C18H30N4O2.HI/c1-3-19-17(21-13-18(2,23)16-5-4-10-24-16)20-11-14-8-9-22(12-14)15-6-7-15;/h4-5,10,14-15,23H,3,6-9,11-13H2,1-2H3,(H2,19,20,21);1H. The summed E-state index contributed by atoms with van der Waals surface area (Å²) < 4.78 is 5.31. The third-order valence-corrected chi connectivity index (χ3v) is 4.88. The van der Waals surface area contributed by atoms with Crippen molar-refractivity contribution in [2.75, 3.05) is 32.7 Å². The van der Waals surface area contributed by atoms with Crippen LogP contribution in [0.4, 0.5) is 0 Å². The molecule has 2 atom stereocenters. The van der Waals surface area contributed by atoms with E-state index in [1.54, 1.807) is 25.3 Å². The van der Waals surface area contributed by atoms with Crippen molar-refractivity contribution in [3.63, 3.8) is 0 Å². The highest BCUT2D eigenvalue weighted by Gasteiger charge is 2.34. The van der Waals surface area contributed by atoms with Crippen LogP contribution in [0.2, 0.25) is 0 Å². The molecule has 0 radical (unpaired) electrons. The first kappa shape index (κ1) is 20.5. The summed E-state index contributed by atoms with van der Waals surface area (Å²) in [4.78, 5) is 7.16. The fourth-order valence-corrected chi connectivity index (χ4v) is 3.28. The molecule has 0 aromatic carbocycles. The third kappa shape index (κ3) is 5.86. The Morgan fingerprint density at radius 3 is 2.84 bits per heavy atom. The lowest BCUT2D eigenvalue weighted by Crippen LogP contribution is -2.41. The highest BCUT2D eigenvalue weighted by atomic mass is 127. The Kier molecular flexibility index (Phi) is 7.57. The van der Waals surface area contributed by atoms with E-state index in [0.29, 0.717) is 11.7 Å². The number of aliphatic hydroxyl groups is 1. The lowest BCUT2D eigenvalue weighted by Gasteiger charge is -2.20. The maximum absolute atomic E-state index is 10.5. The lowest BCUT2D eigenvalue weighted by atomic mass is 10.0. The second kappa shape index (κ2) is 9.23. The summed E-state index contributed by atoms with van der Waals surface area (Å²) in [5.41, 5.74) is -1.10. The van der Waals surface area contributed by atoms with Gasteiger partial charge in [-0.05, 0) is 57.7 Å². The quantitative estimate of drug-likeness (QED) is 0.329.